The number of fused-ring (bicyclic) bond motifs is 5. The van der Waals surface area contributed by atoms with Gasteiger partial charge >= 0.3 is 5.97 Å². The van der Waals surface area contributed by atoms with E-state index in [1.54, 1.807) is 0 Å². The van der Waals surface area contributed by atoms with Crippen LogP contribution in [0.15, 0.2) is 11.6 Å². The summed E-state index contributed by atoms with van der Waals surface area (Å²) in [5, 5.41) is 7.00. The molecule has 4 heteroatoms. The Labute approximate surface area is 163 Å². The number of ketones is 1. The summed E-state index contributed by atoms with van der Waals surface area (Å²) in [5.41, 5.74) is 1.82. The third-order valence-corrected chi connectivity index (χ3v) is 8.44. The van der Waals surface area contributed by atoms with E-state index in [0.717, 1.165) is 45.1 Å². The summed E-state index contributed by atoms with van der Waals surface area (Å²) in [4.78, 5) is 23.8. The molecule has 4 aliphatic carbocycles. The first-order chi connectivity index (χ1) is 12.9. The van der Waals surface area contributed by atoms with E-state index in [9.17, 15) is 9.59 Å². The van der Waals surface area contributed by atoms with Crippen molar-refractivity contribution in [2.75, 3.05) is 7.11 Å². The Morgan fingerprint density at radius 1 is 1.11 bits per heavy atom. The van der Waals surface area contributed by atoms with Crippen molar-refractivity contribution in [3.8, 4) is 0 Å². The van der Waals surface area contributed by atoms with Crippen molar-refractivity contribution < 1.29 is 19.4 Å². The Kier molecular flexibility index (Phi) is 5.86. The Hall–Kier alpha value is -1.16. The molecule has 1 N–H and O–H groups in total. The van der Waals surface area contributed by atoms with E-state index in [1.165, 1.54) is 24.8 Å². The molecular formula is C23H36O4. The number of hydrogen-bond donors (Lipinski definition) is 1. The number of aliphatic hydroxyl groups is 1. The van der Waals surface area contributed by atoms with Crippen molar-refractivity contribution in [3.05, 3.63) is 11.6 Å². The monoisotopic (exact) mass is 376 g/mol. The molecule has 0 saturated heterocycles. The van der Waals surface area contributed by atoms with E-state index < -0.39 is 0 Å². The molecule has 4 rings (SSSR count). The lowest BCUT2D eigenvalue weighted by molar-refractivity contribution is -0.159. The van der Waals surface area contributed by atoms with Crippen molar-refractivity contribution in [1.29, 1.82) is 0 Å². The first-order valence-corrected chi connectivity index (χ1v) is 10.8. The summed E-state index contributed by atoms with van der Waals surface area (Å²) in [6.07, 6.45) is 11.3. The molecule has 0 aromatic heterocycles. The van der Waals surface area contributed by atoms with Crippen LogP contribution in [0.5, 0.6) is 0 Å². The van der Waals surface area contributed by atoms with Gasteiger partial charge in [0.15, 0.2) is 5.78 Å². The molecule has 0 aromatic rings. The van der Waals surface area contributed by atoms with Gasteiger partial charge in [0.2, 0.25) is 0 Å². The zero-order valence-electron chi connectivity index (χ0n) is 17.4. The number of allylic oxidation sites excluding steroid dienone is 1. The topological polar surface area (TPSA) is 63.6 Å². The van der Waals surface area contributed by atoms with Gasteiger partial charge in [-0.15, -0.1) is 0 Å². The number of ether oxygens (including phenoxy) is 1. The van der Waals surface area contributed by atoms with Gasteiger partial charge in [0.05, 0.1) is 0 Å². The van der Waals surface area contributed by atoms with Crippen LogP contribution in [0.3, 0.4) is 0 Å². The van der Waals surface area contributed by atoms with Gasteiger partial charge in [0, 0.05) is 25.4 Å². The minimum Gasteiger partial charge on any atom is -0.462 e. The summed E-state index contributed by atoms with van der Waals surface area (Å²) in [5.74, 6) is 2.41. The van der Waals surface area contributed by atoms with Crippen LogP contribution in [0.25, 0.3) is 0 Å². The molecular weight excluding hydrogens is 340 g/mol. The Bertz CT molecular complexity index is 624. The number of aliphatic hydroxyl groups excluding tert-OH is 1. The number of carbonyl (C=O) groups excluding carboxylic acids is 2. The number of hydrogen-bond acceptors (Lipinski definition) is 4. The molecule has 3 fully saturated rings. The highest BCUT2D eigenvalue weighted by Crippen LogP contribution is 2.65. The maximum atomic E-state index is 11.9. The van der Waals surface area contributed by atoms with E-state index >= 15 is 0 Å². The van der Waals surface area contributed by atoms with Crippen LogP contribution >= 0.6 is 0 Å². The minimum absolute atomic E-state index is 0.0411. The lowest BCUT2D eigenvalue weighted by atomic mass is 9.47. The first kappa shape index (κ1) is 20.6. The van der Waals surface area contributed by atoms with Gasteiger partial charge < -0.3 is 9.84 Å². The predicted octanol–water partition coefficient (Wildman–Crippen LogP) is 4.45. The fraction of sp³-hybridized carbons (Fsp3) is 0.826. The van der Waals surface area contributed by atoms with Crippen LogP contribution in [0.2, 0.25) is 0 Å². The zero-order chi connectivity index (χ0) is 19.8. The number of rotatable bonds is 2. The van der Waals surface area contributed by atoms with Gasteiger partial charge in [-0.05, 0) is 74.2 Å². The van der Waals surface area contributed by atoms with Gasteiger partial charge in [-0.2, -0.15) is 0 Å². The molecule has 0 aromatic carbocycles. The van der Waals surface area contributed by atoms with Crippen LogP contribution in [-0.4, -0.2) is 30.1 Å². The van der Waals surface area contributed by atoms with Crippen molar-refractivity contribution in [2.24, 2.45) is 28.6 Å². The summed E-state index contributed by atoms with van der Waals surface area (Å²) in [6.45, 7) is 6.69. The molecule has 4 aliphatic rings. The zero-order valence-corrected chi connectivity index (χ0v) is 17.4. The second kappa shape index (κ2) is 7.69. The molecule has 0 unspecified atom stereocenters. The fourth-order valence-electron chi connectivity index (χ4n) is 6.95. The van der Waals surface area contributed by atoms with E-state index in [-0.39, 0.29) is 22.9 Å². The van der Waals surface area contributed by atoms with Crippen molar-refractivity contribution >= 4 is 11.8 Å². The van der Waals surface area contributed by atoms with Gasteiger partial charge in [0.1, 0.15) is 6.10 Å². The SMILES string of the molecule is CCC(=O)O[C@H]1CC[C@H]2[C@@H]3CCC4=CC(=O)CC[C@]4(C)[C@H]3CC[C@]12C.CO. The van der Waals surface area contributed by atoms with Gasteiger partial charge in [-0.25, -0.2) is 0 Å². The largest absolute Gasteiger partial charge is 0.462 e. The maximum absolute atomic E-state index is 11.9. The quantitative estimate of drug-likeness (QED) is 0.723. The molecule has 0 bridgehead atoms. The van der Waals surface area contributed by atoms with E-state index in [4.69, 9.17) is 9.84 Å². The smallest absolute Gasteiger partial charge is 0.305 e. The highest BCUT2D eigenvalue weighted by molar-refractivity contribution is 5.91. The van der Waals surface area contributed by atoms with Crippen LogP contribution in [0, 0.1) is 28.6 Å². The molecule has 0 radical (unpaired) electrons. The normalized spacial score (nSPS) is 42.7. The van der Waals surface area contributed by atoms with Gasteiger partial charge in [0.25, 0.3) is 0 Å². The second-order valence-electron chi connectivity index (χ2n) is 9.42. The van der Waals surface area contributed by atoms with Crippen LogP contribution < -0.4 is 0 Å². The third kappa shape index (κ3) is 3.28. The molecule has 3 saturated carbocycles. The first-order valence-electron chi connectivity index (χ1n) is 10.8. The predicted molar refractivity (Wildman–Crippen MR) is 105 cm³/mol. The molecule has 0 aliphatic heterocycles. The Balaban J connectivity index is 0.00000102. The molecule has 152 valence electrons. The fourth-order valence-corrected chi connectivity index (χ4v) is 6.95. The molecule has 4 nitrogen and oxygen atoms in total. The minimum atomic E-state index is -0.0411. The van der Waals surface area contributed by atoms with Crippen molar-refractivity contribution in [1.82, 2.24) is 0 Å². The summed E-state index contributed by atoms with van der Waals surface area (Å²) >= 11 is 0. The highest BCUT2D eigenvalue weighted by atomic mass is 16.5. The Morgan fingerprint density at radius 2 is 1.85 bits per heavy atom. The average Bonchev–Trinajstić information content (AvgIpc) is 3.00. The molecule has 0 heterocycles. The lowest BCUT2D eigenvalue weighted by Gasteiger charge is -2.57. The number of carbonyl (C=O) groups is 2. The average molecular weight is 377 g/mol. The standard InChI is InChI=1S/C22H32O3.CH4O/c1-4-20(24)25-19-8-7-17-16-6-5-14-13-15(23)9-11-21(14,2)18(16)10-12-22(17,19)3;1-2/h13,16-19H,4-12H2,1-3H3;2H,1H3/t16-,17-,18-,19-,21-,22-;/m0./s1. The molecule has 27 heavy (non-hydrogen) atoms. The molecule has 6 atom stereocenters. The van der Waals surface area contributed by atoms with E-state index in [1.807, 2.05) is 13.0 Å². The molecule has 0 spiro atoms. The van der Waals surface area contributed by atoms with Gasteiger partial charge in [-0.1, -0.05) is 26.3 Å². The van der Waals surface area contributed by atoms with Crippen molar-refractivity contribution in [2.45, 2.75) is 84.7 Å². The van der Waals surface area contributed by atoms with Crippen molar-refractivity contribution in [3.63, 3.8) is 0 Å². The second-order valence-corrected chi connectivity index (χ2v) is 9.42. The van der Waals surface area contributed by atoms with Crippen LogP contribution in [-0.2, 0) is 14.3 Å². The summed E-state index contributed by atoms with van der Waals surface area (Å²) < 4.78 is 5.86. The summed E-state index contributed by atoms with van der Waals surface area (Å²) in [6, 6.07) is 0. The van der Waals surface area contributed by atoms with E-state index in [0.29, 0.717) is 24.0 Å². The van der Waals surface area contributed by atoms with Crippen LogP contribution in [0.1, 0.15) is 78.6 Å². The van der Waals surface area contributed by atoms with E-state index in [2.05, 4.69) is 13.8 Å². The molecule has 0 amide bonds. The number of esters is 1. The lowest BCUT2D eigenvalue weighted by Crippen LogP contribution is -2.51. The van der Waals surface area contributed by atoms with Gasteiger partial charge in [-0.3, -0.25) is 9.59 Å². The summed E-state index contributed by atoms with van der Waals surface area (Å²) in [7, 11) is 1.00. The maximum Gasteiger partial charge on any atom is 0.305 e. The van der Waals surface area contributed by atoms with Crippen LogP contribution in [0.4, 0.5) is 0 Å². The highest BCUT2D eigenvalue weighted by Gasteiger charge is 2.59. The third-order valence-electron chi connectivity index (χ3n) is 8.44. The Morgan fingerprint density at radius 3 is 2.56 bits per heavy atom.